The Morgan fingerprint density at radius 1 is 1.31 bits per heavy atom. The van der Waals surface area contributed by atoms with Gasteiger partial charge in [-0.2, -0.15) is 5.26 Å². The van der Waals surface area contributed by atoms with Crippen molar-refractivity contribution in [3.8, 4) is 22.9 Å². The number of benzene rings is 2. The second-order valence-electron chi connectivity index (χ2n) is 5.60. The number of nitriles is 1. The maximum absolute atomic E-state index is 11.5. The van der Waals surface area contributed by atoms with Gasteiger partial charge < -0.3 is 14.6 Å². The summed E-state index contributed by atoms with van der Waals surface area (Å²) in [6.45, 7) is 1.50. The van der Waals surface area contributed by atoms with Gasteiger partial charge in [0.25, 0.3) is 0 Å². The van der Waals surface area contributed by atoms with Crippen molar-refractivity contribution in [3.63, 3.8) is 0 Å². The van der Waals surface area contributed by atoms with Crippen LogP contribution >= 0.6 is 0 Å². The Labute approximate surface area is 151 Å². The highest BCUT2D eigenvalue weighted by molar-refractivity contribution is 5.78. The van der Waals surface area contributed by atoms with Gasteiger partial charge in [0.05, 0.1) is 24.4 Å². The molecule has 0 aliphatic carbocycles. The van der Waals surface area contributed by atoms with Crippen molar-refractivity contribution in [2.45, 2.75) is 13.0 Å². The monoisotopic (exact) mass is 353 g/mol. The summed E-state index contributed by atoms with van der Waals surface area (Å²) in [5, 5.41) is 20.9. The lowest BCUT2D eigenvalue weighted by atomic mass is 10.0. The third-order valence-electron chi connectivity index (χ3n) is 3.96. The number of carbonyl (C=O) groups is 2. The number of hydrazine groups is 1. The lowest BCUT2D eigenvalue weighted by molar-refractivity contribution is -0.111. The summed E-state index contributed by atoms with van der Waals surface area (Å²) in [6.07, 6.45) is -0.679. The van der Waals surface area contributed by atoms with Crippen LogP contribution in [0.3, 0.4) is 0 Å². The van der Waals surface area contributed by atoms with Crippen LogP contribution in [0.5, 0.6) is 5.75 Å². The number of hydrogen-bond acceptors (Lipinski definition) is 5. The molecule has 0 heterocycles. The molecule has 0 bridgehead atoms. The van der Waals surface area contributed by atoms with Crippen molar-refractivity contribution >= 4 is 18.1 Å². The molecule has 0 aromatic heterocycles. The number of amides is 1. The van der Waals surface area contributed by atoms with Crippen LogP contribution in [0.4, 0.5) is 10.5 Å². The molecule has 134 valence electrons. The molecule has 0 aliphatic heterocycles. The number of methoxy groups -OCH3 is 1. The first-order chi connectivity index (χ1) is 12.4. The lowest BCUT2D eigenvalue weighted by Crippen LogP contribution is -2.49. The van der Waals surface area contributed by atoms with Crippen molar-refractivity contribution in [1.29, 1.82) is 5.26 Å². The Hall–Kier alpha value is -3.53. The first-order valence-corrected chi connectivity index (χ1v) is 7.82. The van der Waals surface area contributed by atoms with Gasteiger partial charge in [0, 0.05) is 12.6 Å². The minimum atomic E-state index is -1.24. The molecule has 26 heavy (non-hydrogen) atoms. The van der Waals surface area contributed by atoms with Gasteiger partial charge in [-0.05, 0) is 42.8 Å². The van der Waals surface area contributed by atoms with Crippen LogP contribution in [0.2, 0.25) is 0 Å². The van der Waals surface area contributed by atoms with Crippen molar-refractivity contribution < 1.29 is 19.4 Å². The summed E-state index contributed by atoms with van der Waals surface area (Å²) in [5.41, 5.74) is 2.53. The summed E-state index contributed by atoms with van der Waals surface area (Å²) in [5.74, 6) is 0.586. The van der Waals surface area contributed by atoms with Gasteiger partial charge in [-0.25, -0.2) is 9.80 Å². The number of ether oxygens (including phenoxy) is 1. The summed E-state index contributed by atoms with van der Waals surface area (Å²) in [7, 11) is 3.10. The largest absolute Gasteiger partial charge is 0.496 e. The van der Waals surface area contributed by atoms with E-state index in [1.54, 1.807) is 43.4 Å². The number of rotatable bonds is 6. The van der Waals surface area contributed by atoms with E-state index in [-0.39, 0.29) is 0 Å². The van der Waals surface area contributed by atoms with Gasteiger partial charge in [-0.1, -0.05) is 12.1 Å². The van der Waals surface area contributed by atoms with Gasteiger partial charge >= 0.3 is 6.09 Å². The van der Waals surface area contributed by atoms with E-state index in [2.05, 4.69) is 6.07 Å². The van der Waals surface area contributed by atoms with E-state index >= 15 is 0 Å². The standard InChI is InChI=1S/C19H19N3O4/c1-13(12-23)22(19(24)25)21(2)16-7-8-18(26-3)17(10-16)15-6-4-5-14(9-15)11-20/h4-10,12-13H,1-3H3,(H,24,25). The van der Waals surface area contributed by atoms with Crippen LogP contribution in [-0.2, 0) is 4.79 Å². The summed E-state index contributed by atoms with van der Waals surface area (Å²) in [6, 6.07) is 13.4. The van der Waals surface area contributed by atoms with E-state index < -0.39 is 12.1 Å². The number of carbonyl (C=O) groups excluding carboxylic acids is 1. The van der Waals surface area contributed by atoms with Crippen LogP contribution in [0, 0.1) is 11.3 Å². The minimum absolute atomic E-state index is 0.505. The third-order valence-corrected chi connectivity index (χ3v) is 3.96. The predicted molar refractivity (Wildman–Crippen MR) is 96.9 cm³/mol. The molecule has 0 radical (unpaired) electrons. The van der Waals surface area contributed by atoms with Gasteiger partial charge in [-0.15, -0.1) is 0 Å². The number of aldehydes is 1. The third kappa shape index (κ3) is 3.75. The number of nitrogens with zero attached hydrogens (tertiary/aromatic N) is 3. The van der Waals surface area contributed by atoms with Crippen molar-refractivity contribution in [2.75, 3.05) is 19.2 Å². The van der Waals surface area contributed by atoms with Crippen LogP contribution in [-0.4, -0.2) is 42.7 Å². The summed E-state index contributed by atoms with van der Waals surface area (Å²) in [4.78, 5) is 22.6. The van der Waals surface area contributed by atoms with Crippen molar-refractivity contribution in [1.82, 2.24) is 5.01 Å². The average Bonchev–Trinajstić information content (AvgIpc) is 2.67. The Morgan fingerprint density at radius 3 is 2.62 bits per heavy atom. The van der Waals surface area contributed by atoms with E-state index in [0.29, 0.717) is 28.8 Å². The molecule has 0 aliphatic rings. The molecule has 2 aromatic carbocycles. The molecule has 1 N–H and O–H groups in total. The van der Waals surface area contributed by atoms with E-state index in [1.807, 2.05) is 6.07 Å². The molecule has 7 heteroatoms. The lowest BCUT2D eigenvalue weighted by Gasteiger charge is -2.33. The zero-order valence-corrected chi connectivity index (χ0v) is 14.7. The fraction of sp³-hybridized carbons (Fsp3) is 0.211. The molecule has 2 rings (SSSR count). The molecule has 0 saturated carbocycles. The van der Waals surface area contributed by atoms with Crippen molar-refractivity contribution in [2.24, 2.45) is 0 Å². The Bertz CT molecular complexity index is 860. The summed E-state index contributed by atoms with van der Waals surface area (Å²) >= 11 is 0. The highest BCUT2D eigenvalue weighted by Gasteiger charge is 2.24. The SMILES string of the molecule is COc1ccc(N(C)N(C(=O)O)C(C)C=O)cc1-c1cccc(C#N)c1. The normalized spacial score (nSPS) is 11.2. The quantitative estimate of drug-likeness (QED) is 0.633. The Balaban J connectivity index is 2.53. The van der Waals surface area contributed by atoms with Gasteiger partial charge in [0.1, 0.15) is 18.1 Å². The first kappa shape index (κ1) is 18.8. The predicted octanol–water partition coefficient (Wildman–Crippen LogP) is 3.15. The molecule has 1 atom stereocenters. The fourth-order valence-corrected chi connectivity index (χ4v) is 2.64. The molecule has 1 amide bonds. The zero-order valence-electron chi connectivity index (χ0n) is 14.7. The van der Waals surface area contributed by atoms with Gasteiger partial charge in [-0.3, -0.25) is 5.01 Å². The molecule has 0 spiro atoms. The van der Waals surface area contributed by atoms with Crippen LogP contribution < -0.4 is 9.75 Å². The molecule has 0 saturated heterocycles. The van der Waals surface area contributed by atoms with Crippen molar-refractivity contribution in [3.05, 3.63) is 48.0 Å². The molecule has 2 aromatic rings. The van der Waals surface area contributed by atoms with Crippen LogP contribution in [0.15, 0.2) is 42.5 Å². The maximum Gasteiger partial charge on any atom is 0.426 e. The Morgan fingerprint density at radius 2 is 2.04 bits per heavy atom. The van der Waals surface area contributed by atoms with Crippen LogP contribution in [0.1, 0.15) is 12.5 Å². The van der Waals surface area contributed by atoms with Gasteiger partial charge in [0.2, 0.25) is 0 Å². The summed E-state index contributed by atoms with van der Waals surface area (Å²) < 4.78 is 5.40. The fourth-order valence-electron chi connectivity index (χ4n) is 2.64. The van der Waals surface area contributed by atoms with E-state index in [1.165, 1.54) is 19.0 Å². The molecule has 1 unspecified atom stereocenters. The zero-order chi connectivity index (χ0) is 19.3. The molecule has 0 fully saturated rings. The molecular formula is C19H19N3O4. The first-order valence-electron chi connectivity index (χ1n) is 7.82. The van der Waals surface area contributed by atoms with E-state index in [9.17, 15) is 14.7 Å². The number of anilines is 1. The highest BCUT2D eigenvalue weighted by Crippen LogP contribution is 2.34. The Kier molecular flexibility index (Phi) is 5.81. The van der Waals surface area contributed by atoms with E-state index in [0.717, 1.165) is 10.6 Å². The van der Waals surface area contributed by atoms with E-state index in [4.69, 9.17) is 10.00 Å². The molecule has 7 nitrogen and oxygen atoms in total. The maximum atomic E-state index is 11.5. The number of carboxylic acid groups (broad SMARTS) is 1. The molecular weight excluding hydrogens is 334 g/mol. The van der Waals surface area contributed by atoms with Gasteiger partial charge in [0.15, 0.2) is 0 Å². The average molecular weight is 353 g/mol. The number of hydrogen-bond donors (Lipinski definition) is 1. The topological polar surface area (TPSA) is 93.9 Å². The second kappa shape index (κ2) is 8.03. The second-order valence-corrected chi connectivity index (χ2v) is 5.60. The van der Waals surface area contributed by atoms with Crippen LogP contribution in [0.25, 0.3) is 11.1 Å². The smallest absolute Gasteiger partial charge is 0.426 e. The minimum Gasteiger partial charge on any atom is -0.496 e. The highest BCUT2D eigenvalue weighted by atomic mass is 16.5.